The second-order valence-corrected chi connectivity index (χ2v) is 13.3. The number of ether oxygens (including phenoxy) is 1. The highest BCUT2D eigenvalue weighted by molar-refractivity contribution is 8.01. The number of amides is 1. The topological polar surface area (TPSA) is 103 Å². The molecule has 2 heterocycles. The number of rotatable bonds is 8. The summed E-state index contributed by atoms with van der Waals surface area (Å²) in [6.07, 6.45) is 3.44. The van der Waals surface area contributed by atoms with Gasteiger partial charge >= 0.3 is 0 Å². The highest BCUT2D eigenvalue weighted by Crippen LogP contribution is 2.53. The molecule has 1 saturated carbocycles. The molecular weight excluding hydrogens is 538 g/mol. The van der Waals surface area contributed by atoms with E-state index < -0.39 is 10.8 Å². The zero-order chi connectivity index (χ0) is 29.3. The number of methoxy groups -OCH3 is 1. The van der Waals surface area contributed by atoms with Crippen LogP contribution < -0.4 is 20.3 Å². The van der Waals surface area contributed by atoms with Crippen LogP contribution in [0.1, 0.15) is 50.5 Å². The molecule has 1 aromatic heterocycles. The number of anilines is 2. The first kappa shape index (κ1) is 28.9. The van der Waals surface area contributed by atoms with Gasteiger partial charge in [0.15, 0.2) is 11.4 Å². The van der Waals surface area contributed by atoms with Crippen LogP contribution in [0.5, 0.6) is 5.75 Å². The Balaban J connectivity index is 1.25. The molecule has 1 aliphatic carbocycles. The molecule has 2 N–H and O–H groups in total. The smallest absolute Gasteiger partial charge is 0.250 e. The molecule has 0 radical (unpaired) electrons. The number of hydrazine groups is 1. The van der Waals surface area contributed by atoms with Crippen LogP contribution in [0.2, 0.25) is 0 Å². The lowest BCUT2D eigenvalue weighted by atomic mass is 9.90. The largest absolute Gasteiger partial charge is 0.496 e. The predicted molar refractivity (Wildman–Crippen MR) is 164 cm³/mol. The molecule has 0 unspecified atom stereocenters. The lowest BCUT2D eigenvalue weighted by molar-refractivity contribution is -0.694. The third-order valence-electron chi connectivity index (χ3n) is 7.97. The van der Waals surface area contributed by atoms with Crippen LogP contribution in [-0.4, -0.2) is 76.9 Å². The maximum Gasteiger partial charge on any atom is 0.250 e. The SMILES string of the molecule is COc1ccccc1[C@@H]1SC(C)(C)[C@H](C(=O)NC2CCC(Nc3nc(N(C)C)c4ccccc4n3)CC2)N1[N+](C)=O. The van der Waals surface area contributed by atoms with Crippen LogP contribution in [0, 0.1) is 4.91 Å². The van der Waals surface area contributed by atoms with Gasteiger partial charge in [0.1, 0.15) is 16.4 Å². The Hall–Kier alpha value is -3.60. The van der Waals surface area contributed by atoms with Crippen molar-refractivity contribution >= 4 is 40.3 Å². The molecule has 11 heteroatoms. The number of aromatic nitrogens is 2. The van der Waals surface area contributed by atoms with Crippen molar-refractivity contribution < 1.29 is 14.4 Å². The second-order valence-electron chi connectivity index (χ2n) is 11.5. The van der Waals surface area contributed by atoms with Gasteiger partial charge in [0.05, 0.1) is 17.5 Å². The minimum absolute atomic E-state index is 0.0420. The van der Waals surface area contributed by atoms with E-state index in [1.54, 1.807) is 23.9 Å². The fourth-order valence-corrected chi connectivity index (χ4v) is 7.60. The molecule has 2 fully saturated rings. The summed E-state index contributed by atoms with van der Waals surface area (Å²) in [7, 11) is 7.05. The standard InChI is InChI=1S/C30H39N7O3S/c1-30(2)25(37(36(5)39)28(41-30)22-12-8-10-14-24(22)40-6)27(38)31-19-15-17-20(18-16-19)32-29-33-23-13-9-7-11-21(23)26(34-29)35(3)4/h7-14,19-20,25,28H,15-18H2,1-6H3,(H-,31,32,33,34,38)/p+1/t19?,20?,25-,28-/m0/s1. The van der Waals surface area contributed by atoms with Gasteiger partial charge in [-0.1, -0.05) is 30.3 Å². The molecule has 41 heavy (non-hydrogen) atoms. The van der Waals surface area contributed by atoms with Crippen LogP contribution in [0.3, 0.4) is 0 Å². The summed E-state index contributed by atoms with van der Waals surface area (Å²) >= 11 is 1.61. The van der Waals surface area contributed by atoms with Gasteiger partial charge in [-0.15, -0.1) is 16.8 Å². The third-order valence-corrected chi connectivity index (χ3v) is 9.49. The summed E-state index contributed by atoms with van der Waals surface area (Å²) in [6, 6.07) is 15.3. The Morgan fingerprint density at radius 1 is 1.05 bits per heavy atom. The molecule has 3 aromatic rings. The number of nitrogens with zero attached hydrogens (tertiary/aromatic N) is 5. The van der Waals surface area contributed by atoms with Gasteiger partial charge in [-0.25, -0.2) is 4.98 Å². The number of carbonyl (C=O) groups excluding carboxylic acids is 1. The average Bonchev–Trinajstić information content (AvgIpc) is 3.24. The van der Waals surface area contributed by atoms with E-state index in [1.165, 1.54) is 7.05 Å². The summed E-state index contributed by atoms with van der Waals surface area (Å²) in [5, 5.41) is 9.14. The minimum atomic E-state index is -0.629. The number of benzene rings is 2. The van der Waals surface area contributed by atoms with E-state index in [4.69, 9.17) is 14.7 Å². The molecule has 218 valence electrons. The van der Waals surface area contributed by atoms with Crippen molar-refractivity contribution in [2.24, 2.45) is 0 Å². The number of para-hydroxylation sites is 2. The number of carbonyl (C=O) groups is 1. The fraction of sp³-hybridized carbons (Fsp3) is 0.500. The average molecular weight is 579 g/mol. The van der Waals surface area contributed by atoms with Gasteiger partial charge in [-0.2, -0.15) is 4.98 Å². The maximum atomic E-state index is 13.8. The maximum absolute atomic E-state index is 13.8. The normalized spacial score (nSPS) is 23.7. The van der Waals surface area contributed by atoms with Crippen LogP contribution in [0.25, 0.3) is 10.9 Å². The van der Waals surface area contributed by atoms with Crippen LogP contribution in [-0.2, 0) is 4.79 Å². The first-order chi connectivity index (χ1) is 19.6. The lowest BCUT2D eigenvalue weighted by Gasteiger charge is -2.32. The van der Waals surface area contributed by atoms with Crippen molar-refractivity contribution in [2.75, 3.05) is 38.5 Å². The zero-order valence-corrected chi connectivity index (χ0v) is 25.4. The number of hydrogen-bond acceptors (Lipinski definition) is 8. The van der Waals surface area contributed by atoms with E-state index in [0.29, 0.717) is 11.7 Å². The zero-order valence-electron chi connectivity index (χ0n) is 24.6. The van der Waals surface area contributed by atoms with Crippen LogP contribution >= 0.6 is 11.8 Å². The van der Waals surface area contributed by atoms with E-state index in [1.807, 2.05) is 81.4 Å². The Morgan fingerprint density at radius 2 is 1.71 bits per heavy atom. The molecule has 1 aliphatic heterocycles. The summed E-state index contributed by atoms with van der Waals surface area (Å²) in [5.41, 5.74) is 1.79. The molecule has 2 atom stereocenters. The monoisotopic (exact) mass is 578 g/mol. The van der Waals surface area contributed by atoms with Gasteiger partial charge in [-0.3, -0.25) is 4.79 Å². The second kappa shape index (κ2) is 11.7. The molecule has 2 aliphatic rings. The van der Waals surface area contributed by atoms with Crippen molar-refractivity contribution in [1.29, 1.82) is 0 Å². The van der Waals surface area contributed by atoms with Crippen molar-refractivity contribution in [3.63, 3.8) is 0 Å². The van der Waals surface area contributed by atoms with Crippen molar-refractivity contribution in [2.45, 2.75) is 67.8 Å². The van der Waals surface area contributed by atoms with Crippen molar-refractivity contribution in [3.8, 4) is 5.75 Å². The quantitative estimate of drug-likeness (QED) is 0.366. The van der Waals surface area contributed by atoms with E-state index in [0.717, 1.165) is 52.8 Å². The van der Waals surface area contributed by atoms with E-state index in [2.05, 4.69) is 10.6 Å². The highest BCUT2D eigenvalue weighted by atomic mass is 32.2. The summed E-state index contributed by atoms with van der Waals surface area (Å²) in [6.45, 7) is 4.06. The van der Waals surface area contributed by atoms with Crippen molar-refractivity contribution in [1.82, 2.24) is 20.3 Å². The number of hydrogen-bond donors (Lipinski definition) is 2. The number of nitroso groups, excluding NO2 is 1. The van der Waals surface area contributed by atoms with Crippen molar-refractivity contribution in [3.05, 3.63) is 59.0 Å². The first-order valence-electron chi connectivity index (χ1n) is 14.1. The highest BCUT2D eigenvalue weighted by Gasteiger charge is 2.58. The molecule has 5 rings (SSSR count). The van der Waals surface area contributed by atoms with E-state index in [-0.39, 0.29) is 23.4 Å². The summed E-state index contributed by atoms with van der Waals surface area (Å²) in [4.78, 5) is 39.0. The third kappa shape index (κ3) is 5.91. The molecule has 1 amide bonds. The Bertz CT molecular complexity index is 1420. The van der Waals surface area contributed by atoms with Gasteiger partial charge in [-0.05, 0) is 57.7 Å². The molecular formula is C30H40N7O3S+. The molecule has 1 saturated heterocycles. The molecule has 10 nitrogen and oxygen atoms in total. The Morgan fingerprint density at radius 3 is 2.39 bits per heavy atom. The van der Waals surface area contributed by atoms with Gasteiger partial charge in [0.25, 0.3) is 0 Å². The summed E-state index contributed by atoms with van der Waals surface area (Å²) < 4.78 is 5.09. The Kier molecular flexibility index (Phi) is 8.26. The van der Waals surface area contributed by atoms with Gasteiger partial charge in [0.2, 0.25) is 18.9 Å². The first-order valence-corrected chi connectivity index (χ1v) is 15.0. The minimum Gasteiger partial charge on any atom is -0.496 e. The lowest BCUT2D eigenvalue weighted by Crippen LogP contribution is -2.56. The molecule has 0 spiro atoms. The van der Waals surface area contributed by atoms with E-state index in [9.17, 15) is 9.70 Å². The molecule has 0 bridgehead atoms. The van der Waals surface area contributed by atoms with Crippen LogP contribution in [0.4, 0.5) is 11.8 Å². The predicted octanol–water partition coefficient (Wildman–Crippen LogP) is 4.76. The number of thioether (sulfide) groups is 1. The number of nitrogens with one attached hydrogen (secondary N) is 2. The fourth-order valence-electron chi connectivity index (χ4n) is 5.99. The van der Waals surface area contributed by atoms with Gasteiger partial charge in [0, 0.05) is 41.9 Å². The van der Waals surface area contributed by atoms with Gasteiger partial charge < -0.3 is 20.3 Å². The molecule has 2 aromatic carbocycles. The van der Waals surface area contributed by atoms with E-state index >= 15 is 0 Å². The number of fused-ring (bicyclic) bond motifs is 1. The summed E-state index contributed by atoms with van der Waals surface area (Å²) in [5.74, 6) is 2.09. The Labute approximate surface area is 245 Å². The van der Waals surface area contributed by atoms with Crippen LogP contribution in [0.15, 0.2) is 48.5 Å².